The molecule has 0 bridgehead atoms. The van der Waals surface area contributed by atoms with E-state index in [1.165, 1.54) is 0 Å². The van der Waals surface area contributed by atoms with Gasteiger partial charge in [0.15, 0.2) is 0 Å². The van der Waals surface area contributed by atoms with Crippen LogP contribution in [0.4, 0.5) is 0 Å². The van der Waals surface area contributed by atoms with E-state index in [2.05, 4.69) is 25.5 Å². The summed E-state index contributed by atoms with van der Waals surface area (Å²) in [6, 6.07) is 10.9. The van der Waals surface area contributed by atoms with Gasteiger partial charge in [0.2, 0.25) is 17.7 Å². The molecule has 0 saturated heterocycles. The van der Waals surface area contributed by atoms with Gasteiger partial charge in [-0.05, 0) is 56.7 Å². The number of benzene rings is 1. The molecule has 6 rings (SSSR count). The van der Waals surface area contributed by atoms with E-state index in [4.69, 9.17) is 13.9 Å². The van der Waals surface area contributed by atoms with Crippen LogP contribution in [0, 0.1) is 5.92 Å². The molecule has 1 N–H and O–H groups in total. The number of Topliss-reactive ketones (excluding diaryl/α,β-unsaturated/α-hetero) is 1. The van der Waals surface area contributed by atoms with Crippen molar-refractivity contribution in [1.29, 1.82) is 0 Å². The van der Waals surface area contributed by atoms with Crippen molar-refractivity contribution in [1.82, 2.24) is 25.5 Å². The van der Waals surface area contributed by atoms with Gasteiger partial charge in [-0.25, -0.2) is 9.78 Å². The van der Waals surface area contributed by atoms with Gasteiger partial charge in [0.25, 0.3) is 5.89 Å². The second-order valence-corrected chi connectivity index (χ2v) is 11.8. The van der Waals surface area contributed by atoms with E-state index in [-0.39, 0.29) is 29.5 Å². The van der Waals surface area contributed by atoms with Crippen molar-refractivity contribution in [2.45, 2.75) is 82.8 Å². The molecule has 4 aromatic rings. The van der Waals surface area contributed by atoms with Gasteiger partial charge in [0, 0.05) is 42.1 Å². The Labute approximate surface area is 261 Å². The number of ether oxygens (including phenoxy) is 2. The summed E-state index contributed by atoms with van der Waals surface area (Å²) >= 11 is 0. The Morgan fingerprint density at radius 1 is 1.09 bits per heavy atom. The van der Waals surface area contributed by atoms with E-state index in [9.17, 15) is 14.4 Å². The highest BCUT2D eigenvalue weighted by Crippen LogP contribution is 2.48. The molecule has 1 amide bonds. The van der Waals surface area contributed by atoms with E-state index in [1.807, 2.05) is 43.3 Å². The number of para-hydroxylation sites is 1. The van der Waals surface area contributed by atoms with Crippen LogP contribution in [0.5, 0.6) is 5.88 Å². The number of ketones is 1. The van der Waals surface area contributed by atoms with Crippen molar-refractivity contribution in [2.75, 3.05) is 7.11 Å². The van der Waals surface area contributed by atoms with Crippen LogP contribution < -0.4 is 10.1 Å². The summed E-state index contributed by atoms with van der Waals surface area (Å²) in [5.41, 5.74) is 2.02. The summed E-state index contributed by atoms with van der Waals surface area (Å²) in [4.78, 5) is 46.5. The van der Waals surface area contributed by atoms with E-state index >= 15 is 0 Å². The Kier molecular flexibility index (Phi) is 8.86. The van der Waals surface area contributed by atoms with Gasteiger partial charge in [0.1, 0.15) is 23.0 Å². The fourth-order valence-electron chi connectivity index (χ4n) is 6.42. The van der Waals surface area contributed by atoms with Crippen molar-refractivity contribution in [3.63, 3.8) is 0 Å². The predicted molar refractivity (Wildman–Crippen MR) is 164 cm³/mol. The zero-order valence-electron chi connectivity index (χ0n) is 25.6. The fraction of sp³-hybridized carbons (Fsp3) is 0.441. The van der Waals surface area contributed by atoms with Crippen LogP contribution in [-0.2, 0) is 19.9 Å². The second kappa shape index (κ2) is 13.1. The number of carbonyl (C=O) groups excluding carboxylic acids is 3. The Bertz CT molecular complexity index is 1710. The first kappa shape index (κ1) is 30.4. The molecule has 0 unspecified atom stereocenters. The lowest BCUT2D eigenvalue weighted by atomic mass is 9.75. The number of unbranched alkanes of at least 4 members (excludes halogenated alkanes) is 2. The third-order valence-electron chi connectivity index (χ3n) is 8.99. The molecule has 11 heteroatoms. The van der Waals surface area contributed by atoms with E-state index < -0.39 is 11.6 Å². The molecule has 1 aliphatic heterocycles. The van der Waals surface area contributed by atoms with Crippen molar-refractivity contribution < 1.29 is 28.3 Å². The Balaban J connectivity index is 1.17. The van der Waals surface area contributed by atoms with Gasteiger partial charge >= 0.3 is 5.97 Å². The molecule has 1 spiro atoms. The first-order valence-electron chi connectivity index (χ1n) is 15.7. The largest absolute Gasteiger partial charge is 0.480 e. The normalized spacial score (nSPS) is 19.7. The number of hydrogen-bond donors (Lipinski definition) is 1. The summed E-state index contributed by atoms with van der Waals surface area (Å²) < 4.78 is 17.6. The fourth-order valence-corrected chi connectivity index (χ4v) is 6.42. The van der Waals surface area contributed by atoms with Crippen LogP contribution in [0.2, 0.25) is 0 Å². The third kappa shape index (κ3) is 6.29. The molecule has 4 heterocycles. The molecule has 1 saturated carbocycles. The maximum absolute atomic E-state index is 13.6. The number of methoxy groups -OCH3 is 1. The molecule has 1 aliphatic carbocycles. The predicted octanol–water partition coefficient (Wildman–Crippen LogP) is 6.03. The van der Waals surface area contributed by atoms with E-state index in [1.54, 1.807) is 19.5 Å². The zero-order chi connectivity index (χ0) is 31.4. The van der Waals surface area contributed by atoms with Gasteiger partial charge < -0.3 is 19.2 Å². The number of rotatable bonds is 12. The molecule has 11 nitrogen and oxygen atoms in total. The minimum Gasteiger partial charge on any atom is -0.480 e. The number of carbonyl (C=O) groups is 3. The number of hydrogen-bond acceptors (Lipinski definition) is 10. The Morgan fingerprint density at radius 2 is 1.91 bits per heavy atom. The van der Waals surface area contributed by atoms with Crippen molar-refractivity contribution in [3.05, 3.63) is 65.8 Å². The highest BCUT2D eigenvalue weighted by atomic mass is 16.6. The molecule has 2 aliphatic rings. The molecule has 1 aromatic carbocycles. The first-order valence-corrected chi connectivity index (χ1v) is 15.7. The van der Waals surface area contributed by atoms with Crippen LogP contribution in [-0.4, -0.2) is 44.9 Å². The molecule has 45 heavy (non-hydrogen) atoms. The van der Waals surface area contributed by atoms with Crippen LogP contribution in [0.15, 0.2) is 53.2 Å². The van der Waals surface area contributed by atoms with E-state index in [0.717, 1.165) is 35.7 Å². The molecule has 1 atom stereocenters. The Morgan fingerprint density at radius 3 is 2.71 bits per heavy atom. The van der Waals surface area contributed by atoms with Crippen LogP contribution in [0.1, 0.15) is 99.0 Å². The number of fused-ring (bicyclic) bond motifs is 3. The SMILES string of the molecule is CCC(=O)CCCCC[C@H](NC(=O)C1CCC2(CC1)OC(=O)c1cnccc12)c1nnc(-c2cc3ccccc3nc2OC)o1. The summed E-state index contributed by atoms with van der Waals surface area (Å²) in [6.45, 7) is 1.88. The van der Waals surface area contributed by atoms with Crippen LogP contribution in [0.3, 0.4) is 0 Å². The topological polar surface area (TPSA) is 146 Å². The molecule has 0 radical (unpaired) electrons. The number of pyridine rings is 2. The minimum atomic E-state index is -0.699. The molecule has 234 valence electrons. The first-order chi connectivity index (χ1) is 21.9. The smallest absolute Gasteiger partial charge is 0.341 e. The maximum atomic E-state index is 13.6. The lowest BCUT2D eigenvalue weighted by Crippen LogP contribution is -2.40. The number of amides is 1. The van der Waals surface area contributed by atoms with Gasteiger partial charge in [-0.15, -0.1) is 10.2 Å². The quantitative estimate of drug-likeness (QED) is 0.149. The Hall–Kier alpha value is -4.67. The average Bonchev–Trinajstić information content (AvgIpc) is 3.66. The molecular formula is C34H37N5O6. The number of nitrogens with one attached hydrogen (secondary N) is 1. The zero-order valence-corrected chi connectivity index (χ0v) is 25.6. The monoisotopic (exact) mass is 611 g/mol. The van der Waals surface area contributed by atoms with Gasteiger partial charge in [0.05, 0.1) is 18.2 Å². The lowest BCUT2D eigenvalue weighted by molar-refractivity contribution is -0.129. The summed E-state index contributed by atoms with van der Waals surface area (Å²) in [6.07, 6.45) is 9.57. The molecule has 1 fully saturated rings. The number of nitrogens with zero attached hydrogens (tertiary/aromatic N) is 4. The van der Waals surface area contributed by atoms with Gasteiger partial charge in [-0.2, -0.15) is 0 Å². The summed E-state index contributed by atoms with van der Waals surface area (Å²) in [5, 5.41) is 12.7. The van der Waals surface area contributed by atoms with Crippen molar-refractivity contribution >= 4 is 28.6 Å². The lowest BCUT2D eigenvalue weighted by Gasteiger charge is -2.36. The van der Waals surface area contributed by atoms with Gasteiger partial charge in [-0.1, -0.05) is 38.0 Å². The molecule has 3 aromatic heterocycles. The highest BCUT2D eigenvalue weighted by Gasteiger charge is 2.48. The number of aromatic nitrogens is 4. The number of esters is 1. The standard InChI is InChI=1S/C34H37N5O6/c1-3-23(40)10-5-4-6-12-28(32-39-38-31(44-32)24-19-22-9-7-8-11-27(22)37-30(24)43-2)36-29(41)21-13-16-34(17-14-21)26-15-18-35-20-25(26)33(42)45-34/h7-9,11,15,18-21,28H,3-6,10,12-14,16-17H2,1-2H3,(H,36,41)/t21?,28-,34?/m0/s1. The maximum Gasteiger partial charge on any atom is 0.341 e. The minimum absolute atomic E-state index is 0.0972. The van der Waals surface area contributed by atoms with Crippen LogP contribution in [0.25, 0.3) is 22.4 Å². The van der Waals surface area contributed by atoms with Gasteiger partial charge in [-0.3, -0.25) is 14.6 Å². The van der Waals surface area contributed by atoms with Crippen molar-refractivity contribution in [3.8, 4) is 17.3 Å². The highest BCUT2D eigenvalue weighted by molar-refractivity contribution is 5.94. The van der Waals surface area contributed by atoms with Crippen molar-refractivity contribution in [2.24, 2.45) is 5.92 Å². The second-order valence-electron chi connectivity index (χ2n) is 11.8. The summed E-state index contributed by atoms with van der Waals surface area (Å²) in [7, 11) is 1.54. The van der Waals surface area contributed by atoms with Crippen LogP contribution >= 0.6 is 0 Å². The third-order valence-corrected chi connectivity index (χ3v) is 8.99. The summed E-state index contributed by atoms with van der Waals surface area (Å²) in [5.74, 6) is 0.469. The molecular weight excluding hydrogens is 574 g/mol. The average molecular weight is 612 g/mol. The van der Waals surface area contributed by atoms with E-state index in [0.29, 0.717) is 67.8 Å².